The second-order valence-electron chi connectivity index (χ2n) is 3.98. The highest BCUT2D eigenvalue weighted by molar-refractivity contribution is 5.81. The van der Waals surface area contributed by atoms with E-state index in [0.29, 0.717) is 5.76 Å². The number of hydrogen-bond donors (Lipinski definition) is 3. The highest BCUT2D eigenvalue weighted by Crippen LogP contribution is 2.19. The minimum atomic E-state index is -4.70. The van der Waals surface area contributed by atoms with Gasteiger partial charge in [-0.1, -0.05) is 0 Å². The molecular formula is C11H15F3N2O3. The molecular weight excluding hydrogens is 265 g/mol. The molecule has 0 aromatic carbocycles. The van der Waals surface area contributed by atoms with Crippen LogP contribution in [0.3, 0.4) is 0 Å². The van der Waals surface area contributed by atoms with E-state index >= 15 is 0 Å². The van der Waals surface area contributed by atoms with Crippen LogP contribution >= 0.6 is 0 Å². The van der Waals surface area contributed by atoms with Gasteiger partial charge in [0.25, 0.3) is 0 Å². The Morgan fingerprint density at radius 3 is 2.74 bits per heavy atom. The van der Waals surface area contributed by atoms with Crippen LogP contribution in [0.1, 0.15) is 12.7 Å². The quantitative estimate of drug-likeness (QED) is 0.720. The van der Waals surface area contributed by atoms with Crippen molar-refractivity contribution in [1.82, 2.24) is 10.6 Å². The van der Waals surface area contributed by atoms with Crippen LogP contribution in [0.25, 0.3) is 0 Å². The van der Waals surface area contributed by atoms with Crippen molar-refractivity contribution in [3.8, 4) is 0 Å². The number of carbonyl (C=O) groups excluding carboxylic acids is 1. The monoisotopic (exact) mass is 280 g/mol. The molecule has 0 radical (unpaired) electrons. The third kappa shape index (κ3) is 5.31. The van der Waals surface area contributed by atoms with Crippen molar-refractivity contribution in [2.24, 2.45) is 0 Å². The number of hydrogen-bond acceptors (Lipinski definition) is 4. The van der Waals surface area contributed by atoms with E-state index in [9.17, 15) is 18.0 Å². The van der Waals surface area contributed by atoms with Crippen molar-refractivity contribution < 1.29 is 27.5 Å². The second-order valence-corrected chi connectivity index (χ2v) is 3.98. The van der Waals surface area contributed by atoms with Crippen molar-refractivity contribution in [2.75, 3.05) is 6.54 Å². The van der Waals surface area contributed by atoms with Gasteiger partial charge in [0.05, 0.1) is 18.8 Å². The Morgan fingerprint density at radius 2 is 2.21 bits per heavy atom. The second kappa shape index (κ2) is 6.58. The van der Waals surface area contributed by atoms with Gasteiger partial charge in [0, 0.05) is 6.54 Å². The molecule has 108 valence electrons. The van der Waals surface area contributed by atoms with Crippen molar-refractivity contribution >= 4 is 5.91 Å². The number of amides is 1. The van der Waals surface area contributed by atoms with Gasteiger partial charge >= 0.3 is 6.18 Å². The highest BCUT2D eigenvalue weighted by Gasteiger charge is 2.38. The predicted octanol–water partition coefficient (Wildman–Crippen LogP) is 0.797. The Balaban J connectivity index is 2.29. The van der Waals surface area contributed by atoms with Crippen LogP contribution in [0.2, 0.25) is 0 Å². The maximum absolute atomic E-state index is 12.0. The van der Waals surface area contributed by atoms with Gasteiger partial charge in [0.2, 0.25) is 5.91 Å². The molecule has 1 rings (SSSR count). The van der Waals surface area contributed by atoms with Crippen LogP contribution in [0, 0.1) is 0 Å². The van der Waals surface area contributed by atoms with Crippen LogP contribution in [0.4, 0.5) is 13.2 Å². The molecule has 0 aliphatic heterocycles. The lowest BCUT2D eigenvalue weighted by molar-refractivity contribution is -0.202. The van der Waals surface area contributed by atoms with E-state index in [1.165, 1.54) is 13.2 Å². The first-order valence-corrected chi connectivity index (χ1v) is 5.59. The van der Waals surface area contributed by atoms with Crippen molar-refractivity contribution in [1.29, 1.82) is 0 Å². The van der Waals surface area contributed by atoms with Gasteiger partial charge in [0.15, 0.2) is 6.10 Å². The number of halogens is 3. The standard InChI is InChI=1S/C11H15F3N2O3/c1-7(15-6-9(17)11(12,13)14)10(18)16-5-8-3-2-4-19-8/h2-4,7,9,15,17H,5-6H2,1H3,(H,16,18). The molecule has 0 saturated carbocycles. The molecule has 0 saturated heterocycles. The van der Waals surface area contributed by atoms with Gasteiger partial charge < -0.3 is 20.2 Å². The van der Waals surface area contributed by atoms with Gasteiger partial charge in [-0.15, -0.1) is 0 Å². The molecule has 8 heteroatoms. The van der Waals surface area contributed by atoms with Crippen LogP contribution in [-0.2, 0) is 11.3 Å². The first-order chi connectivity index (χ1) is 8.80. The van der Waals surface area contributed by atoms with E-state index < -0.39 is 30.8 Å². The predicted molar refractivity (Wildman–Crippen MR) is 60.1 cm³/mol. The highest BCUT2D eigenvalue weighted by atomic mass is 19.4. The number of aliphatic hydroxyl groups excluding tert-OH is 1. The lowest BCUT2D eigenvalue weighted by atomic mass is 10.2. The maximum Gasteiger partial charge on any atom is 0.415 e. The molecule has 0 aliphatic carbocycles. The summed E-state index contributed by atoms with van der Waals surface area (Å²) in [4.78, 5) is 11.5. The summed E-state index contributed by atoms with van der Waals surface area (Å²) in [7, 11) is 0. The minimum absolute atomic E-state index is 0.152. The summed E-state index contributed by atoms with van der Waals surface area (Å²) in [5.41, 5.74) is 0. The smallest absolute Gasteiger partial charge is 0.415 e. The number of nitrogens with one attached hydrogen (secondary N) is 2. The van der Waals surface area contributed by atoms with E-state index in [1.54, 1.807) is 12.1 Å². The van der Waals surface area contributed by atoms with Crippen LogP contribution in [0.15, 0.2) is 22.8 Å². The van der Waals surface area contributed by atoms with E-state index in [-0.39, 0.29) is 6.54 Å². The third-order valence-corrected chi connectivity index (χ3v) is 2.41. The summed E-state index contributed by atoms with van der Waals surface area (Å²) >= 11 is 0. The maximum atomic E-state index is 12.0. The number of rotatable bonds is 6. The van der Waals surface area contributed by atoms with Gasteiger partial charge in [-0.05, 0) is 19.1 Å². The zero-order valence-corrected chi connectivity index (χ0v) is 10.2. The van der Waals surface area contributed by atoms with Crippen LogP contribution in [0.5, 0.6) is 0 Å². The molecule has 0 aliphatic rings. The normalized spacial score (nSPS) is 15.0. The SMILES string of the molecule is CC(NCC(O)C(F)(F)F)C(=O)NCc1ccco1. The van der Waals surface area contributed by atoms with Gasteiger partial charge in [-0.25, -0.2) is 0 Å². The fourth-order valence-corrected chi connectivity index (χ4v) is 1.24. The first-order valence-electron chi connectivity index (χ1n) is 5.59. The zero-order chi connectivity index (χ0) is 14.5. The molecule has 3 N–H and O–H groups in total. The Kier molecular flexibility index (Phi) is 5.37. The first kappa shape index (κ1) is 15.5. The average Bonchev–Trinajstić information content (AvgIpc) is 2.84. The van der Waals surface area contributed by atoms with E-state index in [1.807, 2.05) is 0 Å². The Bertz CT molecular complexity index is 392. The lowest BCUT2D eigenvalue weighted by Crippen LogP contribution is -2.47. The minimum Gasteiger partial charge on any atom is -0.467 e. The summed E-state index contributed by atoms with van der Waals surface area (Å²) in [6.45, 7) is 0.819. The number of furan rings is 1. The van der Waals surface area contributed by atoms with Crippen molar-refractivity contribution in [3.05, 3.63) is 24.2 Å². The summed E-state index contributed by atoms with van der Waals surface area (Å²) in [6, 6.07) is 2.46. The Labute approximate surface area is 107 Å². The summed E-state index contributed by atoms with van der Waals surface area (Å²) < 4.78 is 41.1. The molecule has 1 heterocycles. The topological polar surface area (TPSA) is 74.5 Å². The summed E-state index contributed by atoms with van der Waals surface area (Å²) in [5, 5.41) is 13.6. The van der Waals surface area contributed by atoms with Gasteiger partial charge in [0.1, 0.15) is 5.76 Å². The van der Waals surface area contributed by atoms with E-state index in [2.05, 4.69) is 10.6 Å². The zero-order valence-electron chi connectivity index (χ0n) is 10.2. The number of aliphatic hydroxyl groups is 1. The fraction of sp³-hybridized carbons (Fsp3) is 0.545. The Hall–Kier alpha value is -1.54. The van der Waals surface area contributed by atoms with E-state index in [4.69, 9.17) is 9.52 Å². The molecule has 2 atom stereocenters. The molecule has 1 amide bonds. The number of carbonyl (C=O) groups is 1. The summed E-state index contributed by atoms with van der Waals surface area (Å²) in [6.07, 6.45) is -5.74. The van der Waals surface area contributed by atoms with Crippen molar-refractivity contribution in [2.45, 2.75) is 31.8 Å². The molecule has 5 nitrogen and oxygen atoms in total. The molecule has 0 bridgehead atoms. The molecule has 0 fully saturated rings. The number of alkyl halides is 3. The van der Waals surface area contributed by atoms with Crippen LogP contribution < -0.4 is 10.6 Å². The van der Waals surface area contributed by atoms with Gasteiger partial charge in [-0.2, -0.15) is 13.2 Å². The van der Waals surface area contributed by atoms with Gasteiger partial charge in [-0.3, -0.25) is 4.79 Å². The fourth-order valence-electron chi connectivity index (χ4n) is 1.24. The Morgan fingerprint density at radius 1 is 1.53 bits per heavy atom. The molecule has 0 spiro atoms. The summed E-state index contributed by atoms with van der Waals surface area (Å²) in [5.74, 6) is 0.0571. The lowest BCUT2D eigenvalue weighted by Gasteiger charge is -2.18. The van der Waals surface area contributed by atoms with Crippen molar-refractivity contribution in [3.63, 3.8) is 0 Å². The molecule has 2 unspecified atom stereocenters. The van der Waals surface area contributed by atoms with Crippen LogP contribution in [-0.4, -0.2) is 35.9 Å². The molecule has 19 heavy (non-hydrogen) atoms. The average molecular weight is 280 g/mol. The molecule has 1 aromatic rings. The largest absolute Gasteiger partial charge is 0.467 e. The molecule has 1 aromatic heterocycles. The third-order valence-electron chi connectivity index (χ3n) is 2.41. The van der Waals surface area contributed by atoms with E-state index in [0.717, 1.165) is 0 Å².